The number of para-hydroxylation sites is 1. The van der Waals surface area contributed by atoms with Crippen molar-refractivity contribution < 1.29 is 0 Å². The van der Waals surface area contributed by atoms with Crippen LogP contribution in [0.1, 0.15) is 0 Å². The van der Waals surface area contributed by atoms with E-state index < -0.39 is 0 Å². The highest BCUT2D eigenvalue weighted by Crippen LogP contribution is 2.25. The number of rotatable bonds is 0. The molecule has 0 N–H and O–H groups in total. The Balaban J connectivity index is 2.66. The van der Waals surface area contributed by atoms with Crippen LogP contribution in [0.3, 0.4) is 0 Å². The lowest BCUT2D eigenvalue weighted by Gasteiger charge is -2.04. The molecule has 3 rings (SSSR count). The Bertz CT molecular complexity index is 660. The Hall–Kier alpha value is -1.32. The smallest absolute Gasteiger partial charge is 0.155 e. The first-order valence-corrected chi connectivity index (χ1v) is 5.09. The lowest BCUT2D eigenvalue weighted by atomic mass is 10.3. The van der Waals surface area contributed by atoms with E-state index in [1.54, 1.807) is 18.6 Å². The summed E-state index contributed by atoms with van der Waals surface area (Å²) < 4.78 is 1.87. The zero-order chi connectivity index (χ0) is 10.4. The van der Waals surface area contributed by atoms with Crippen LogP contribution in [0.4, 0.5) is 0 Å². The van der Waals surface area contributed by atoms with E-state index in [0.29, 0.717) is 15.7 Å². The van der Waals surface area contributed by atoms with Crippen LogP contribution in [0.5, 0.6) is 0 Å². The van der Waals surface area contributed by atoms with Gasteiger partial charge in [-0.1, -0.05) is 29.3 Å². The average Bonchev–Trinajstić information content (AvgIpc) is 2.69. The molecule has 0 amide bonds. The van der Waals surface area contributed by atoms with Crippen LogP contribution in [0, 0.1) is 0 Å². The zero-order valence-electron chi connectivity index (χ0n) is 7.48. The van der Waals surface area contributed by atoms with Gasteiger partial charge in [-0.25, -0.2) is 9.97 Å². The Morgan fingerprint density at radius 1 is 1.13 bits per heavy atom. The maximum Gasteiger partial charge on any atom is 0.155 e. The summed E-state index contributed by atoms with van der Waals surface area (Å²) in [4.78, 5) is 8.29. The van der Waals surface area contributed by atoms with Crippen LogP contribution < -0.4 is 0 Å². The number of hydrogen-bond acceptors (Lipinski definition) is 2. The molecule has 0 aliphatic carbocycles. The van der Waals surface area contributed by atoms with Crippen LogP contribution in [0.2, 0.25) is 10.2 Å². The summed E-state index contributed by atoms with van der Waals surface area (Å²) in [5.74, 6) is 0. The minimum Gasteiger partial charge on any atom is -0.294 e. The van der Waals surface area contributed by atoms with E-state index in [-0.39, 0.29) is 0 Å². The molecule has 0 saturated heterocycles. The molecule has 0 unspecified atom stereocenters. The van der Waals surface area contributed by atoms with Crippen molar-refractivity contribution in [2.45, 2.75) is 0 Å². The van der Waals surface area contributed by atoms with Crippen LogP contribution in [0.15, 0.2) is 30.7 Å². The molecular formula is C10H5Cl2N3. The number of hydrogen-bond donors (Lipinski definition) is 0. The van der Waals surface area contributed by atoms with Gasteiger partial charge in [0.2, 0.25) is 0 Å². The van der Waals surface area contributed by atoms with Gasteiger partial charge in [0.15, 0.2) is 5.15 Å². The fourth-order valence-electron chi connectivity index (χ4n) is 1.60. The average molecular weight is 238 g/mol. The quantitative estimate of drug-likeness (QED) is 0.602. The highest BCUT2D eigenvalue weighted by atomic mass is 35.5. The minimum absolute atomic E-state index is 0.410. The first kappa shape index (κ1) is 8.95. The van der Waals surface area contributed by atoms with Crippen molar-refractivity contribution in [3.05, 3.63) is 40.9 Å². The molecule has 5 heteroatoms. The van der Waals surface area contributed by atoms with E-state index in [9.17, 15) is 0 Å². The predicted octanol–water partition coefficient (Wildman–Crippen LogP) is 3.19. The van der Waals surface area contributed by atoms with E-state index in [1.807, 2.05) is 16.5 Å². The summed E-state index contributed by atoms with van der Waals surface area (Å²) in [6.45, 7) is 0. The number of benzene rings is 1. The zero-order valence-corrected chi connectivity index (χ0v) is 9.00. The van der Waals surface area contributed by atoms with Crippen molar-refractivity contribution in [3.8, 4) is 0 Å². The lowest BCUT2D eigenvalue weighted by molar-refractivity contribution is 1.19. The molecule has 0 bridgehead atoms. The van der Waals surface area contributed by atoms with Gasteiger partial charge < -0.3 is 0 Å². The van der Waals surface area contributed by atoms with Crippen molar-refractivity contribution >= 4 is 39.8 Å². The third-order valence-corrected chi connectivity index (χ3v) is 2.87. The van der Waals surface area contributed by atoms with Crippen molar-refractivity contribution in [1.82, 2.24) is 14.4 Å². The Morgan fingerprint density at radius 3 is 2.87 bits per heavy atom. The molecule has 1 aromatic carbocycles. The van der Waals surface area contributed by atoms with E-state index in [2.05, 4.69) is 9.97 Å². The van der Waals surface area contributed by atoms with E-state index >= 15 is 0 Å². The summed E-state index contributed by atoms with van der Waals surface area (Å²) in [5.41, 5.74) is 2.38. The van der Waals surface area contributed by atoms with Gasteiger partial charge >= 0.3 is 0 Å². The number of nitrogens with zero attached hydrogens (tertiary/aromatic N) is 3. The molecule has 0 spiro atoms. The molecule has 0 aliphatic heterocycles. The van der Waals surface area contributed by atoms with Gasteiger partial charge in [-0.15, -0.1) is 0 Å². The van der Waals surface area contributed by atoms with Crippen LogP contribution in [-0.2, 0) is 0 Å². The third kappa shape index (κ3) is 1.20. The highest BCUT2D eigenvalue weighted by Gasteiger charge is 2.08. The van der Waals surface area contributed by atoms with E-state index in [1.165, 1.54) is 0 Å². The van der Waals surface area contributed by atoms with E-state index in [0.717, 1.165) is 11.0 Å². The van der Waals surface area contributed by atoms with Gasteiger partial charge in [-0.2, -0.15) is 0 Å². The second-order valence-electron chi connectivity index (χ2n) is 3.16. The number of aromatic nitrogens is 3. The summed E-state index contributed by atoms with van der Waals surface area (Å²) in [6, 6.07) is 5.59. The molecule has 0 aliphatic rings. The highest BCUT2D eigenvalue weighted by molar-refractivity contribution is 6.36. The second kappa shape index (κ2) is 3.08. The number of imidazole rings is 1. The fraction of sp³-hybridized carbons (Fsp3) is 0. The third-order valence-electron chi connectivity index (χ3n) is 2.28. The maximum atomic E-state index is 6.04. The molecule has 0 atom stereocenters. The summed E-state index contributed by atoms with van der Waals surface area (Å²) in [5, 5.41) is 0.998. The molecular weight excluding hydrogens is 233 g/mol. The van der Waals surface area contributed by atoms with Gasteiger partial charge in [0.25, 0.3) is 0 Å². The molecule has 2 heterocycles. The van der Waals surface area contributed by atoms with Gasteiger partial charge in [-0.3, -0.25) is 4.40 Å². The van der Waals surface area contributed by atoms with Crippen molar-refractivity contribution in [1.29, 1.82) is 0 Å². The molecule has 0 fully saturated rings. The SMILES string of the molecule is Clc1cccc2c1nc(Cl)c1cncn12. The molecule has 0 radical (unpaired) electrons. The molecule has 2 aromatic heterocycles. The van der Waals surface area contributed by atoms with Crippen molar-refractivity contribution in [3.63, 3.8) is 0 Å². The van der Waals surface area contributed by atoms with Crippen LogP contribution in [-0.4, -0.2) is 14.4 Å². The van der Waals surface area contributed by atoms with E-state index in [4.69, 9.17) is 23.2 Å². The Kier molecular flexibility index (Phi) is 1.84. The predicted molar refractivity (Wildman–Crippen MR) is 60.5 cm³/mol. The van der Waals surface area contributed by atoms with Crippen LogP contribution in [0.25, 0.3) is 16.6 Å². The van der Waals surface area contributed by atoms with Gasteiger partial charge in [0.1, 0.15) is 11.0 Å². The first-order valence-electron chi connectivity index (χ1n) is 4.33. The van der Waals surface area contributed by atoms with Crippen LogP contribution >= 0.6 is 23.2 Å². The Morgan fingerprint density at radius 2 is 2.00 bits per heavy atom. The van der Waals surface area contributed by atoms with Gasteiger partial charge in [0.05, 0.1) is 23.1 Å². The molecule has 3 nitrogen and oxygen atoms in total. The summed E-state index contributed by atoms with van der Waals surface area (Å²) >= 11 is 12.1. The fourth-order valence-corrected chi connectivity index (χ4v) is 2.04. The topological polar surface area (TPSA) is 30.2 Å². The number of halogens is 2. The monoisotopic (exact) mass is 237 g/mol. The van der Waals surface area contributed by atoms with Gasteiger partial charge in [-0.05, 0) is 12.1 Å². The summed E-state index contributed by atoms with van der Waals surface area (Å²) in [7, 11) is 0. The van der Waals surface area contributed by atoms with Gasteiger partial charge in [0, 0.05) is 0 Å². The summed E-state index contributed by atoms with van der Waals surface area (Å²) in [6.07, 6.45) is 3.37. The normalized spacial score (nSPS) is 11.3. The van der Waals surface area contributed by atoms with Crippen molar-refractivity contribution in [2.24, 2.45) is 0 Å². The molecule has 15 heavy (non-hydrogen) atoms. The standard InChI is InChI=1S/C10H5Cl2N3/c11-6-2-1-3-7-9(6)14-10(12)8-4-13-5-15(7)8/h1-5H. The molecule has 3 aromatic rings. The maximum absolute atomic E-state index is 6.04. The largest absolute Gasteiger partial charge is 0.294 e. The van der Waals surface area contributed by atoms with Crippen molar-refractivity contribution in [2.75, 3.05) is 0 Å². The lowest BCUT2D eigenvalue weighted by Crippen LogP contribution is -1.91. The minimum atomic E-state index is 0.410. The number of fused-ring (bicyclic) bond motifs is 3. The first-order chi connectivity index (χ1) is 7.27. The Labute approximate surface area is 95.3 Å². The second-order valence-corrected chi connectivity index (χ2v) is 3.92. The molecule has 0 saturated carbocycles. The molecule has 74 valence electrons.